The third-order valence-electron chi connectivity index (χ3n) is 2.36. The Morgan fingerprint density at radius 3 is 2.53 bits per heavy atom. The van der Waals surface area contributed by atoms with Crippen molar-refractivity contribution in [2.24, 2.45) is 0 Å². The predicted molar refractivity (Wildman–Crippen MR) is 70.6 cm³/mol. The van der Waals surface area contributed by atoms with E-state index in [0.29, 0.717) is 31.9 Å². The topological polar surface area (TPSA) is 33.1 Å². The van der Waals surface area contributed by atoms with Crippen molar-refractivity contribution in [3.05, 3.63) is 51.2 Å². The summed E-state index contributed by atoms with van der Waals surface area (Å²) in [6, 6.07) is 6.80. The normalized spacial score (nSPS) is 10.6. The molecule has 0 unspecified atom stereocenters. The van der Waals surface area contributed by atoms with Gasteiger partial charge in [-0.05, 0) is 23.8 Å². The van der Waals surface area contributed by atoms with Gasteiger partial charge in [0, 0.05) is 27.4 Å². The van der Waals surface area contributed by atoms with Crippen molar-refractivity contribution in [2.45, 2.75) is 6.61 Å². The smallest absolute Gasteiger partial charge is 0.137 e. The van der Waals surface area contributed by atoms with Crippen LogP contribution in [0.4, 0.5) is 0 Å². The molecule has 2 nitrogen and oxygen atoms in total. The maximum Gasteiger partial charge on any atom is 0.137 e. The minimum absolute atomic E-state index is 0.128. The lowest BCUT2D eigenvalue weighted by Crippen LogP contribution is -1.93. The molecule has 88 valence electrons. The minimum Gasteiger partial charge on any atom is -0.392 e. The van der Waals surface area contributed by atoms with E-state index in [1.807, 2.05) is 0 Å². The van der Waals surface area contributed by atoms with Crippen molar-refractivity contribution in [3.63, 3.8) is 0 Å². The first-order valence-corrected chi connectivity index (χ1v) is 5.96. The summed E-state index contributed by atoms with van der Waals surface area (Å²) in [6.07, 6.45) is 1.54. The second kappa shape index (κ2) is 5.23. The molecule has 0 atom stereocenters. The molecule has 0 aliphatic rings. The number of halogens is 3. The number of aliphatic hydroxyl groups excluding tert-OH is 1. The average Bonchev–Trinajstić information content (AvgIpc) is 2.30. The summed E-state index contributed by atoms with van der Waals surface area (Å²) in [5.74, 6) is 0. The Labute approximate surface area is 114 Å². The standard InChI is InChI=1S/C12H8Cl3NO/c13-8-1-2-9(10(14)5-8)11-7(6-17)3-4-16-12(11)15/h1-5,17H,6H2. The number of hydrogen-bond donors (Lipinski definition) is 1. The monoisotopic (exact) mass is 287 g/mol. The van der Waals surface area contributed by atoms with Gasteiger partial charge in [-0.2, -0.15) is 0 Å². The van der Waals surface area contributed by atoms with Gasteiger partial charge in [0.15, 0.2) is 0 Å². The number of rotatable bonds is 2. The number of aliphatic hydroxyl groups is 1. The van der Waals surface area contributed by atoms with E-state index in [1.54, 1.807) is 30.5 Å². The van der Waals surface area contributed by atoms with Gasteiger partial charge in [-0.25, -0.2) is 4.98 Å². The highest BCUT2D eigenvalue weighted by Gasteiger charge is 2.13. The van der Waals surface area contributed by atoms with Crippen molar-refractivity contribution in [1.82, 2.24) is 4.98 Å². The van der Waals surface area contributed by atoms with Crippen LogP contribution in [-0.2, 0) is 6.61 Å². The van der Waals surface area contributed by atoms with E-state index in [2.05, 4.69) is 4.98 Å². The zero-order valence-electron chi connectivity index (χ0n) is 8.62. The Balaban J connectivity index is 2.67. The molecule has 0 saturated heterocycles. The minimum atomic E-state index is -0.128. The van der Waals surface area contributed by atoms with Crippen LogP contribution in [0.2, 0.25) is 15.2 Å². The zero-order chi connectivity index (χ0) is 12.4. The molecule has 1 heterocycles. The van der Waals surface area contributed by atoms with Crippen molar-refractivity contribution in [2.75, 3.05) is 0 Å². The van der Waals surface area contributed by atoms with E-state index >= 15 is 0 Å². The van der Waals surface area contributed by atoms with E-state index in [4.69, 9.17) is 34.8 Å². The second-order valence-corrected chi connectivity index (χ2v) is 4.62. The summed E-state index contributed by atoms with van der Waals surface area (Å²) in [7, 11) is 0. The summed E-state index contributed by atoms with van der Waals surface area (Å²) in [6.45, 7) is -0.128. The van der Waals surface area contributed by atoms with Gasteiger partial charge >= 0.3 is 0 Å². The quantitative estimate of drug-likeness (QED) is 0.840. The first-order chi connectivity index (χ1) is 8.13. The first-order valence-electron chi connectivity index (χ1n) is 4.83. The molecule has 0 aliphatic heterocycles. The molecular formula is C12H8Cl3NO. The molecular weight excluding hydrogens is 280 g/mol. The Morgan fingerprint density at radius 1 is 1.12 bits per heavy atom. The molecule has 1 N–H and O–H groups in total. The Bertz CT molecular complexity index is 557. The van der Waals surface area contributed by atoms with E-state index in [0.717, 1.165) is 0 Å². The summed E-state index contributed by atoms with van der Waals surface area (Å²) in [5.41, 5.74) is 2.02. The summed E-state index contributed by atoms with van der Waals surface area (Å²) in [4.78, 5) is 3.99. The molecule has 0 bridgehead atoms. The van der Waals surface area contributed by atoms with Crippen LogP contribution in [0.15, 0.2) is 30.5 Å². The van der Waals surface area contributed by atoms with Crippen LogP contribution in [0.3, 0.4) is 0 Å². The van der Waals surface area contributed by atoms with Crippen molar-refractivity contribution >= 4 is 34.8 Å². The SMILES string of the molecule is OCc1ccnc(Cl)c1-c1ccc(Cl)cc1Cl. The summed E-state index contributed by atoms with van der Waals surface area (Å²) < 4.78 is 0. The van der Waals surface area contributed by atoms with Crippen LogP contribution >= 0.6 is 34.8 Å². The molecule has 0 fully saturated rings. The first kappa shape index (κ1) is 12.7. The average molecular weight is 289 g/mol. The Hall–Kier alpha value is -0.800. The van der Waals surface area contributed by atoms with Crippen molar-refractivity contribution in [3.8, 4) is 11.1 Å². The lowest BCUT2D eigenvalue weighted by Gasteiger charge is -2.10. The highest BCUT2D eigenvalue weighted by Crippen LogP contribution is 2.36. The highest BCUT2D eigenvalue weighted by molar-refractivity contribution is 6.37. The van der Waals surface area contributed by atoms with E-state index in [1.165, 1.54) is 0 Å². The number of pyridine rings is 1. The van der Waals surface area contributed by atoms with Crippen LogP contribution in [-0.4, -0.2) is 10.1 Å². The van der Waals surface area contributed by atoms with E-state index in [-0.39, 0.29) is 6.61 Å². The van der Waals surface area contributed by atoms with Gasteiger partial charge in [-0.15, -0.1) is 0 Å². The van der Waals surface area contributed by atoms with Crippen molar-refractivity contribution < 1.29 is 5.11 Å². The van der Waals surface area contributed by atoms with Gasteiger partial charge in [0.25, 0.3) is 0 Å². The highest BCUT2D eigenvalue weighted by atomic mass is 35.5. The second-order valence-electron chi connectivity index (χ2n) is 3.42. The Morgan fingerprint density at radius 2 is 1.88 bits per heavy atom. The number of nitrogens with zero attached hydrogens (tertiary/aromatic N) is 1. The van der Waals surface area contributed by atoms with Crippen molar-refractivity contribution in [1.29, 1.82) is 0 Å². The lowest BCUT2D eigenvalue weighted by molar-refractivity contribution is 0.282. The van der Waals surface area contributed by atoms with Crippen LogP contribution in [0.5, 0.6) is 0 Å². The number of hydrogen-bond acceptors (Lipinski definition) is 2. The molecule has 2 rings (SSSR count). The van der Waals surface area contributed by atoms with Gasteiger partial charge in [-0.1, -0.05) is 40.9 Å². The summed E-state index contributed by atoms with van der Waals surface area (Å²) in [5, 5.41) is 10.6. The Kier molecular flexibility index (Phi) is 3.89. The fourth-order valence-corrected chi connectivity index (χ4v) is 2.36. The van der Waals surface area contributed by atoms with E-state index < -0.39 is 0 Å². The third kappa shape index (κ3) is 2.55. The number of benzene rings is 1. The van der Waals surface area contributed by atoms with E-state index in [9.17, 15) is 5.11 Å². The van der Waals surface area contributed by atoms with Gasteiger partial charge in [0.1, 0.15) is 5.15 Å². The maximum absolute atomic E-state index is 9.29. The van der Waals surface area contributed by atoms with Crippen LogP contribution < -0.4 is 0 Å². The van der Waals surface area contributed by atoms with Crippen LogP contribution in [0.1, 0.15) is 5.56 Å². The molecule has 2 aromatic rings. The lowest BCUT2D eigenvalue weighted by atomic mass is 10.0. The van der Waals surface area contributed by atoms with Crippen LogP contribution in [0.25, 0.3) is 11.1 Å². The molecule has 5 heteroatoms. The summed E-state index contributed by atoms with van der Waals surface area (Å²) >= 11 is 18.0. The maximum atomic E-state index is 9.29. The third-order valence-corrected chi connectivity index (χ3v) is 3.20. The van der Waals surface area contributed by atoms with Gasteiger partial charge in [0.05, 0.1) is 6.61 Å². The van der Waals surface area contributed by atoms with Gasteiger partial charge in [-0.3, -0.25) is 0 Å². The number of aromatic nitrogens is 1. The molecule has 1 aromatic heterocycles. The molecule has 0 saturated carbocycles. The van der Waals surface area contributed by atoms with Crippen LogP contribution in [0, 0.1) is 0 Å². The largest absolute Gasteiger partial charge is 0.392 e. The zero-order valence-corrected chi connectivity index (χ0v) is 10.9. The molecule has 0 amide bonds. The molecule has 0 radical (unpaired) electrons. The molecule has 1 aromatic carbocycles. The molecule has 17 heavy (non-hydrogen) atoms. The fraction of sp³-hybridized carbons (Fsp3) is 0.0833. The predicted octanol–water partition coefficient (Wildman–Crippen LogP) is 4.20. The van der Waals surface area contributed by atoms with Gasteiger partial charge < -0.3 is 5.11 Å². The fourth-order valence-electron chi connectivity index (χ4n) is 1.58. The molecule has 0 aliphatic carbocycles. The van der Waals surface area contributed by atoms with Gasteiger partial charge in [0.2, 0.25) is 0 Å². The molecule has 0 spiro atoms.